The molecule has 1 aliphatic rings. The molecule has 1 aliphatic heterocycles. The molecule has 0 spiro atoms. The van der Waals surface area contributed by atoms with E-state index >= 15 is 0 Å². The molecule has 8 heteroatoms. The van der Waals surface area contributed by atoms with Crippen molar-refractivity contribution >= 4 is 44.9 Å². The highest BCUT2D eigenvalue weighted by Gasteiger charge is 2.25. The number of carbonyl (C=O) groups is 1. The molecule has 0 saturated carbocycles. The number of likely N-dealkylation sites (N-methyl/N-ethyl adjacent to an activating group) is 1. The number of anilines is 1. The van der Waals surface area contributed by atoms with E-state index in [0.29, 0.717) is 28.2 Å². The molecule has 0 aliphatic carbocycles. The van der Waals surface area contributed by atoms with E-state index in [4.69, 9.17) is 0 Å². The third kappa shape index (κ3) is 4.36. The van der Waals surface area contributed by atoms with Gasteiger partial charge in [0.1, 0.15) is 10.2 Å². The third-order valence-corrected chi connectivity index (χ3v) is 8.45. The molecule has 1 N–H and O–H groups in total. The van der Waals surface area contributed by atoms with Gasteiger partial charge in [0.25, 0.3) is 5.56 Å². The van der Waals surface area contributed by atoms with E-state index in [2.05, 4.69) is 74.1 Å². The molecule has 2 aromatic heterocycles. The van der Waals surface area contributed by atoms with Gasteiger partial charge in [-0.2, -0.15) is 0 Å². The molecule has 4 rings (SSSR count). The van der Waals surface area contributed by atoms with Crippen molar-refractivity contribution in [1.29, 1.82) is 0 Å². The molecule has 32 heavy (non-hydrogen) atoms. The Hall–Kier alpha value is -2.16. The van der Waals surface area contributed by atoms with E-state index in [-0.39, 0.29) is 22.9 Å². The second-order valence-corrected chi connectivity index (χ2v) is 11.4. The number of hydrogen-bond acceptors (Lipinski definition) is 6. The molecule has 3 aromatic rings. The molecule has 0 bridgehead atoms. The largest absolute Gasteiger partial charge is 0.322 e. The van der Waals surface area contributed by atoms with Gasteiger partial charge < -0.3 is 5.32 Å². The number of nitrogens with one attached hydrogen (secondary N) is 1. The van der Waals surface area contributed by atoms with E-state index in [0.717, 1.165) is 17.3 Å². The molecule has 6 nitrogen and oxygen atoms in total. The summed E-state index contributed by atoms with van der Waals surface area (Å²) in [6, 6.07) is 8.85. The first-order chi connectivity index (χ1) is 15.2. The van der Waals surface area contributed by atoms with Crippen LogP contribution in [0.4, 0.5) is 5.69 Å². The number of benzene rings is 1. The Morgan fingerprint density at radius 1 is 1.16 bits per heavy atom. The van der Waals surface area contributed by atoms with Crippen LogP contribution in [0.3, 0.4) is 0 Å². The lowest BCUT2D eigenvalue weighted by molar-refractivity contribution is -0.113. The van der Waals surface area contributed by atoms with Crippen molar-refractivity contribution in [1.82, 2.24) is 14.5 Å². The van der Waals surface area contributed by atoms with E-state index in [1.54, 1.807) is 10.9 Å². The summed E-state index contributed by atoms with van der Waals surface area (Å²) in [6.07, 6.45) is 1.63. The zero-order chi connectivity index (χ0) is 23.0. The first kappa shape index (κ1) is 23.0. The number of fused-ring (bicyclic) bond motifs is 3. The van der Waals surface area contributed by atoms with Gasteiger partial charge >= 0.3 is 0 Å². The molecule has 0 fully saturated rings. The predicted octanol–water partition coefficient (Wildman–Crippen LogP) is 4.88. The van der Waals surface area contributed by atoms with Crippen molar-refractivity contribution in [3.8, 4) is 0 Å². The van der Waals surface area contributed by atoms with Crippen LogP contribution in [0.5, 0.6) is 0 Å². The maximum Gasteiger partial charge on any atom is 0.271 e. The lowest BCUT2D eigenvalue weighted by Gasteiger charge is -2.31. The summed E-state index contributed by atoms with van der Waals surface area (Å²) in [6.45, 7) is 13.3. The van der Waals surface area contributed by atoms with Gasteiger partial charge in [0.05, 0.1) is 28.0 Å². The van der Waals surface area contributed by atoms with E-state index < -0.39 is 0 Å². The summed E-state index contributed by atoms with van der Waals surface area (Å²) < 4.78 is 3.28. The molecule has 1 aromatic carbocycles. The topological polar surface area (TPSA) is 67.2 Å². The molecule has 3 heterocycles. The summed E-state index contributed by atoms with van der Waals surface area (Å²) in [5, 5.41) is 2.88. The van der Waals surface area contributed by atoms with Crippen LogP contribution in [0.2, 0.25) is 0 Å². The Kier molecular flexibility index (Phi) is 6.47. The molecule has 1 atom stereocenters. The summed E-state index contributed by atoms with van der Waals surface area (Å²) in [5.74, 6) is 0.330. The maximum atomic E-state index is 13.4. The van der Waals surface area contributed by atoms with Gasteiger partial charge in [-0.3, -0.25) is 19.1 Å². The molecule has 0 unspecified atom stereocenters. The second kappa shape index (κ2) is 9.00. The highest BCUT2D eigenvalue weighted by atomic mass is 32.2. The first-order valence-electron chi connectivity index (χ1n) is 11.0. The van der Waals surface area contributed by atoms with Crippen LogP contribution in [-0.4, -0.2) is 39.2 Å². The number of amides is 1. The van der Waals surface area contributed by atoms with Crippen LogP contribution in [0.25, 0.3) is 10.2 Å². The van der Waals surface area contributed by atoms with Gasteiger partial charge in [0.15, 0.2) is 0 Å². The summed E-state index contributed by atoms with van der Waals surface area (Å²) in [7, 11) is 0. The van der Waals surface area contributed by atoms with Gasteiger partial charge in [-0.25, -0.2) is 4.98 Å². The van der Waals surface area contributed by atoms with Crippen molar-refractivity contribution in [2.75, 3.05) is 24.2 Å². The lowest BCUT2D eigenvalue weighted by Crippen LogP contribution is -2.34. The van der Waals surface area contributed by atoms with Gasteiger partial charge in [0.2, 0.25) is 5.91 Å². The number of nitrogens with zero attached hydrogens (tertiary/aromatic N) is 3. The smallest absolute Gasteiger partial charge is 0.271 e. The quantitative estimate of drug-likeness (QED) is 0.556. The molecular weight excluding hydrogens is 440 g/mol. The average Bonchev–Trinajstić information content (AvgIpc) is 3.13. The van der Waals surface area contributed by atoms with Crippen LogP contribution < -0.4 is 10.9 Å². The van der Waals surface area contributed by atoms with Crippen LogP contribution in [-0.2, 0) is 16.8 Å². The van der Waals surface area contributed by atoms with Gasteiger partial charge in [-0.15, -0.1) is 23.1 Å². The van der Waals surface area contributed by atoms with Crippen LogP contribution in [0.15, 0.2) is 39.6 Å². The maximum absolute atomic E-state index is 13.4. The van der Waals surface area contributed by atoms with Gasteiger partial charge in [-0.05, 0) is 29.6 Å². The highest BCUT2D eigenvalue weighted by molar-refractivity contribution is 8.02. The lowest BCUT2D eigenvalue weighted by atomic mass is 9.86. The van der Waals surface area contributed by atoms with Crippen molar-refractivity contribution in [2.45, 2.75) is 56.8 Å². The second-order valence-electron chi connectivity index (χ2n) is 9.09. The monoisotopic (exact) mass is 470 g/mol. The van der Waals surface area contributed by atoms with Crippen molar-refractivity contribution in [2.24, 2.45) is 0 Å². The normalized spacial score (nSPS) is 15.1. The van der Waals surface area contributed by atoms with Crippen molar-refractivity contribution < 1.29 is 4.79 Å². The predicted molar refractivity (Wildman–Crippen MR) is 134 cm³/mol. The zero-order valence-electron chi connectivity index (χ0n) is 19.3. The number of thiophene rings is 1. The Morgan fingerprint density at radius 3 is 2.47 bits per heavy atom. The molecule has 0 radical (unpaired) electrons. The SMILES string of the molecule is CCN(CC)[C@@H](Cn1cnc2c3c(sc2c1=O)SCC(=O)N3)c1ccc(C(C)(C)C)cc1. The highest BCUT2D eigenvalue weighted by Crippen LogP contribution is 2.42. The first-order valence-corrected chi connectivity index (χ1v) is 12.8. The minimum absolute atomic E-state index is 0.0477. The Bertz CT molecular complexity index is 1190. The van der Waals surface area contributed by atoms with Crippen LogP contribution in [0, 0.1) is 0 Å². The standard InChI is InChI=1S/C24H30N4O2S2/c1-6-27(7-2)17(15-8-10-16(11-9-15)24(3,4)5)12-28-14-25-19-20-23(31-13-18(29)26-20)32-21(19)22(28)30/h8-11,14,17H,6-7,12-13H2,1-5H3,(H,26,29)/t17-/m0/s1. The fourth-order valence-corrected chi connectivity index (χ4v) is 6.30. The summed E-state index contributed by atoms with van der Waals surface area (Å²) in [5.41, 5.74) is 3.83. The number of carbonyl (C=O) groups excluding carboxylic acids is 1. The fraction of sp³-hybridized carbons (Fsp3) is 0.458. The molecule has 1 amide bonds. The Balaban J connectivity index is 1.72. The number of aromatic nitrogens is 2. The van der Waals surface area contributed by atoms with Crippen LogP contribution >= 0.6 is 23.1 Å². The number of thioether (sulfide) groups is 1. The minimum Gasteiger partial charge on any atom is -0.322 e. The molecule has 170 valence electrons. The van der Waals surface area contributed by atoms with E-state index in [1.807, 2.05) is 0 Å². The number of hydrogen-bond donors (Lipinski definition) is 1. The van der Waals surface area contributed by atoms with E-state index in [9.17, 15) is 9.59 Å². The molecular formula is C24H30N4O2S2. The van der Waals surface area contributed by atoms with Gasteiger partial charge in [0, 0.05) is 6.54 Å². The minimum atomic E-state index is -0.0484. The fourth-order valence-electron chi connectivity index (χ4n) is 4.12. The third-order valence-electron chi connectivity index (χ3n) is 6.02. The summed E-state index contributed by atoms with van der Waals surface area (Å²) in [4.78, 5) is 32.1. The van der Waals surface area contributed by atoms with E-state index in [1.165, 1.54) is 34.2 Å². The average molecular weight is 471 g/mol. The van der Waals surface area contributed by atoms with Crippen molar-refractivity contribution in [3.05, 3.63) is 52.1 Å². The number of rotatable bonds is 6. The van der Waals surface area contributed by atoms with Crippen molar-refractivity contribution in [3.63, 3.8) is 0 Å². The molecule has 0 saturated heterocycles. The van der Waals surface area contributed by atoms with Crippen LogP contribution in [0.1, 0.15) is 51.8 Å². The Morgan fingerprint density at radius 2 is 1.84 bits per heavy atom. The Labute approximate surface area is 197 Å². The zero-order valence-corrected chi connectivity index (χ0v) is 20.9. The summed E-state index contributed by atoms with van der Waals surface area (Å²) >= 11 is 2.90. The van der Waals surface area contributed by atoms with Gasteiger partial charge in [-0.1, -0.05) is 58.9 Å².